The SMILES string of the molecule is Cc1ncccc1C(=O)N[C@@H](C)C(C)(F)F. The van der Waals surface area contributed by atoms with Gasteiger partial charge < -0.3 is 5.32 Å². The molecule has 1 aromatic rings. The van der Waals surface area contributed by atoms with Crippen LogP contribution < -0.4 is 5.32 Å². The first kappa shape index (κ1) is 12.5. The third-order valence-corrected chi connectivity index (χ3v) is 2.36. The highest BCUT2D eigenvalue weighted by atomic mass is 19.3. The molecule has 1 amide bonds. The number of hydrogen-bond acceptors (Lipinski definition) is 2. The molecule has 0 aliphatic heterocycles. The molecule has 0 aliphatic carbocycles. The summed E-state index contributed by atoms with van der Waals surface area (Å²) in [5.41, 5.74) is 0.838. The molecular weight excluding hydrogens is 214 g/mol. The lowest BCUT2D eigenvalue weighted by molar-refractivity contribution is -0.0108. The van der Waals surface area contributed by atoms with Gasteiger partial charge in [-0.25, -0.2) is 8.78 Å². The summed E-state index contributed by atoms with van der Waals surface area (Å²) in [6.07, 6.45) is 1.55. The van der Waals surface area contributed by atoms with E-state index in [0.717, 1.165) is 6.92 Å². The van der Waals surface area contributed by atoms with E-state index in [2.05, 4.69) is 10.3 Å². The summed E-state index contributed by atoms with van der Waals surface area (Å²) in [6.45, 7) is 3.70. The van der Waals surface area contributed by atoms with Crippen LogP contribution in [0.25, 0.3) is 0 Å². The van der Waals surface area contributed by atoms with Crippen molar-refractivity contribution < 1.29 is 13.6 Å². The standard InChI is InChI=1S/C11H14F2N2O/c1-7-9(5-4-6-14-7)10(16)15-8(2)11(3,12)13/h4-6,8H,1-3H3,(H,15,16)/t8-/m0/s1. The van der Waals surface area contributed by atoms with Gasteiger partial charge in [-0.05, 0) is 26.0 Å². The van der Waals surface area contributed by atoms with E-state index < -0.39 is 17.9 Å². The number of aromatic nitrogens is 1. The molecule has 0 saturated carbocycles. The van der Waals surface area contributed by atoms with Gasteiger partial charge in [-0.1, -0.05) is 0 Å². The van der Waals surface area contributed by atoms with Crippen molar-refractivity contribution in [3.63, 3.8) is 0 Å². The van der Waals surface area contributed by atoms with Gasteiger partial charge in [0.1, 0.15) is 0 Å². The molecule has 0 spiro atoms. The van der Waals surface area contributed by atoms with Crippen molar-refractivity contribution >= 4 is 5.91 Å². The van der Waals surface area contributed by atoms with Gasteiger partial charge in [0.25, 0.3) is 11.8 Å². The molecular formula is C11H14F2N2O. The normalized spacial score (nSPS) is 13.3. The minimum Gasteiger partial charge on any atom is -0.343 e. The van der Waals surface area contributed by atoms with Crippen LogP contribution in [0.1, 0.15) is 29.9 Å². The fourth-order valence-corrected chi connectivity index (χ4v) is 1.13. The Hall–Kier alpha value is -1.52. The third kappa shape index (κ3) is 2.98. The number of nitrogens with zero attached hydrogens (tertiary/aromatic N) is 1. The number of alkyl halides is 2. The second-order valence-electron chi connectivity index (χ2n) is 3.79. The highest BCUT2D eigenvalue weighted by Gasteiger charge is 2.31. The molecule has 5 heteroatoms. The van der Waals surface area contributed by atoms with Crippen LogP contribution >= 0.6 is 0 Å². The molecule has 88 valence electrons. The lowest BCUT2D eigenvalue weighted by atomic mass is 10.1. The molecule has 1 atom stereocenters. The molecule has 16 heavy (non-hydrogen) atoms. The Morgan fingerprint density at radius 3 is 2.69 bits per heavy atom. The van der Waals surface area contributed by atoms with Crippen molar-refractivity contribution in [2.45, 2.75) is 32.7 Å². The summed E-state index contributed by atoms with van der Waals surface area (Å²) in [4.78, 5) is 15.6. The predicted octanol–water partition coefficient (Wildman–Crippen LogP) is 2.16. The van der Waals surface area contributed by atoms with Gasteiger partial charge in [0.2, 0.25) is 0 Å². The Morgan fingerprint density at radius 2 is 2.19 bits per heavy atom. The molecule has 0 aromatic carbocycles. The van der Waals surface area contributed by atoms with Crippen molar-refractivity contribution in [3.8, 4) is 0 Å². The number of aryl methyl sites for hydroxylation is 1. The molecule has 1 rings (SSSR count). The van der Waals surface area contributed by atoms with Gasteiger partial charge in [-0.2, -0.15) is 0 Å². The summed E-state index contributed by atoms with van der Waals surface area (Å²) in [5.74, 6) is -3.47. The summed E-state index contributed by atoms with van der Waals surface area (Å²) in [5, 5.41) is 2.25. The number of halogens is 2. The molecule has 0 fully saturated rings. The topological polar surface area (TPSA) is 42.0 Å². The second-order valence-corrected chi connectivity index (χ2v) is 3.79. The van der Waals surface area contributed by atoms with Crippen molar-refractivity contribution in [2.24, 2.45) is 0 Å². The number of carbonyl (C=O) groups is 1. The summed E-state index contributed by atoms with van der Waals surface area (Å²) >= 11 is 0. The molecule has 3 nitrogen and oxygen atoms in total. The fraction of sp³-hybridized carbons (Fsp3) is 0.455. The monoisotopic (exact) mass is 228 g/mol. The van der Waals surface area contributed by atoms with Crippen LogP contribution in [0, 0.1) is 6.92 Å². The van der Waals surface area contributed by atoms with E-state index in [1.807, 2.05) is 0 Å². The first-order valence-corrected chi connectivity index (χ1v) is 4.92. The molecule has 0 saturated heterocycles. The maximum absolute atomic E-state index is 12.9. The molecule has 0 unspecified atom stereocenters. The summed E-state index contributed by atoms with van der Waals surface area (Å²) in [6, 6.07) is 1.94. The Morgan fingerprint density at radius 1 is 1.56 bits per heavy atom. The lowest BCUT2D eigenvalue weighted by Gasteiger charge is -2.20. The molecule has 1 N–H and O–H groups in total. The molecule has 0 aliphatic rings. The fourth-order valence-electron chi connectivity index (χ4n) is 1.13. The zero-order valence-corrected chi connectivity index (χ0v) is 9.42. The Kier molecular flexibility index (Phi) is 3.57. The third-order valence-electron chi connectivity index (χ3n) is 2.36. The Labute approximate surface area is 92.9 Å². The predicted molar refractivity (Wildman–Crippen MR) is 56.5 cm³/mol. The van der Waals surface area contributed by atoms with E-state index in [1.54, 1.807) is 25.3 Å². The average Bonchev–Trinajstić information content (AvgIpc) is 2.16. The first-order chi connectivity index (χ1) is 7.32. The van der Waals surface area contributed by atoms with Gasteiger partial charge in [0, 0.05) is 18.8 Å². The highest BCUT2D eigenvalue weighted by molar-refractivity contribution is 5.95. The van der Waals surface area contributed by atoms with Crippen LogP contribution in [0.15, 0.2) is 18.3 Å². The maximum Gasteiger partial charge on any atom is 0.264 e. The Bertz CT molecular complexity index is 388. The number of pyridine rings is 1. The first-order valence-electron chi connectivity index (χ1n) is 4.92. The quantitative estimate of drug-likeness (QED) is 0.861. The number of carbonyl (C=O) groups excluding carboxylic acids is 1. The second kappa shape index (κ2) is 4.55. The molecule has 1 aromatic heterocycles. The van der Waals surface area contributed by atoms with E-state index in [4.69, 9.17) is 0 Å². The van der Waals surface area contributed by atoms with Crippen LogP contribution in [0.2, 0.25) is 0 Å². The van der Waals surface area contributed by atoms with E-state index >= 15 is 0 Å². The van der Waals surface area contributed by atoms with E-state index in [0.29, 0.717) is 11.3 Å². The Balaban J connectivity index is 2.78. The number of hydrogen-bond donors (Lipinski definition) is 1. The van der Waals surface area contributed by atoms with Gasteiger partial charge in [-0.15, -0.1) is 0 Å². The van der Waals surface area contributed by atoms with Gasteiger partial charge in [0.15, 0.2) is 0 Å². The zero-order valence-electron chi connectivity index (χ0n) is 9.42. The van der Waals surface area contributed by atoms with Crippen LogP contribution in [0.5, 0.6) is 0 Å². The lowest BCUT2D eigenvalue weighted by Crippen LogP contribution is -2.44. The van der Waals surface area contributed by atoms with Crippen LogP contribution in [0.4, 0.5) is 8.78 Å². The van der Waals surface area contributed by atoms with Crippen molar-refractivity contribution in [3.05, 3.63) is 29.6 Å². The number of rotatable bonds is 3. The molecule has 0 radical (unpaired) electrons. The minimum absolute atomic E-state index is 0.318. The largest absolute Gasteiger partial charge is 0.343 e. The van der Waals surface area contributed by atoms with Gasteiger partial charge >= 0.3 is 0 Å². The average molecular weight is 228 g/mol. The van der Waals surface area contributed by atoms with E-state index in [-0.39, 0.29) is 0 Å². The van der Waals surface area contributed by atoms with E-state index in [9.17, 15) is 13.6 Å². The van der Waals surface area contributed by atoms with Crippen LogP contribution in [-0.4, -0.2) is 22.9 Å². The van der Waals surface area contributed by atoms with E-state index in [1.165, 1.54) is 6.92 Å². The minimum atomic E-state index is -2.94. The maximum atomic E-state index is 12.9. The van der Waals surface area contributed by atoms with Crippen LogP contribution in [0.3, 0.4) is 0 Å². The number of nitrogens with one attached hydrogen (secondary N) is 1. The smallest absolute Gasteiger partial charge is 0.264 e. The molecule has 1 heterocycles. The van der Waals surface area contributed by atoms with Gasteiger partial charge in [0.05, 0.1) is 11.6 Å². The highest BCUT2D eigenvalue weighted by Crippen LogP contribution is 2.17. The summed E-state index contributed by atoms with van der Waals surface area (Å²) < 4.78 is 25.7. The van der Waals surface area contributed by atoms with Crippen molar-refractivity contribution in [1.29, 1.82) is 0 Å². The van der Waals surface area contributed by atoms with Crippen LogP contribution in [-0.2, 0) is 0 Å². The van der Waals surface area contributed by atoms with Gasteiger partial charge in [-0.3, -0.25) is 9.78 Å². The summed E-state index contributed by atoms with van der Waals surface area (Å²) in [7, 11) is 0. The number of amides is 1. The van der Waals surface area contributed by atoms with Crippen molar-refractivity contribution in [1.82, 2.24) is 10.3 Å². The molecule has 0 bridgehead atoms. The van der Waals surface area contributed by atoms with Crippen molar-refractivity contribution in [2.75, 3.05) is 0 Å². The zero-order chi connectivity index (χ0) is 12.3.